The maximum absolute atomic E-state index is 13.5. The lowest BCUT2D eigenvalue weighted by Crippen LogP contribution is -2.35. The lowest BCUT2D eigenvalue weighted by molar-refractivity contribution is -0.125. The van der Waals surface area contributed by atoms with E-state index in [0.717, 1.165) is 31.2 Å². The second-order valence-electron chi connectivity index (χ2n) is 8.81. The number of benzene rings is 1. The molecule has 2 heterocycles. The number of halogens is 1. The van der Waals surface area contributed by atoms with Gasteiger partial charge in [0.05, 0.1) is 0 Å². The Morgan fingerprint density at radius 1 is 1.09 bits per heavy atom. The number of aryl methyl sites for hydroxylation is 1. The summed E-state index contributed by atoms with van der Waals surface area (Å²) in [4.78, 5) is 45.8. The van der Waals surface area contributed by atoms with Crippen LogP contribution >= 0.6 is 0 Å². The Morgan fingerprint density at radius 2 is 1.86 bits per heavy atom. The summed E-state index contributed by atoms with van der Waals surface area (Å²) in [5.74, 6) is -0.686. The average Bonchev–Trinajstić information content (AvgIpc) is 3.36. The zero-order valence-electron chi connectivity index (χ0n) is 19.7. The van der Waals surface area contributed by atoms with Gasteiger partial charge in [0.25, 0.3) is 17.6 Å². The fraction of sp³-hybridized carbons (Fsp3) is 0.417. The molecule has 10 nitrogen and oxygen atoms in total. The molecule has 3 amide bonds. The van der Waals surface area contributed by atoms with Gasteiger partial charge in [0.2, 0.25) is 5.91 Å². The molecule has 0 radical (unpaired) electrons. The quantitative estimate of drug-likeness (QED) is 0.472. The summed E-state index contributed by atoms with van der Waals surface area (Å²) >= 11 is 0. The number of hydrogen-bond acceptors (Lipinski definition) is 6. The molecule has 0 aliphatic heterocycles. The molecule has 2 aromatic heterocycles. The van der Waals surface area contributed by atoms with Crippen LogP contribution in [0.2, 0.25) is 0 Å². The van der Waals surface area contributed by atoms with E-state index in [1.807, 2.05) is 0 Å². The van der Waals surface area contributed by atoms with Crippen LogP contribution < -0.4 is 16.0 Å². The first-order chi connectivity index (χ1) is 16.9. The van der Waals surface area contributed by atoms with Gasteiger partial charge in [0.1, 0.15) is 23.5 Å². The predicted octanol–water partition coefficient (Wildman–Crippen LogP) is 1.78. The topological polar surface area (TPSA) is 130 Å². The molecule has 0 saturated heterocycles. The van der Waals surface area contributed by atoms with E-state index in [2.05, 4.69) is 31.0 Å². The van der Waals surface area contributed by atoms with E-state index in [9.17, 15) is 18.8 Å². The van der Waals surface area contributed by atoms with Gasteiger partial charge < -0.3 is 16.0 Å². The van der Waals surface area contributed by atoms with Crippen molar-refractivity contribution >= 4 is 23.5 Å². The Kier molecular flexibility index (Phi) is 7.33. The first-order valence-electron chi connectivity index (χ1n) is 11.6. The minimum atomic E-state index is -0.487. The third kappa shape index (κ3) is 5.61. The Morgan fingerprint density at radius 3 is 2.57 bits per heavy atom. The number of nitrogens with zero attached hydrogens (tertiary/aromatic N) is 4. The maximum Gasteiger partial charge on any atom is 0.270 e. The fourth-order valence-corrected chi connectivity index (χ4v) is 4.34. The van der Waals surface area contributed by atoms with Gasteiger partial charge in [-0.05, 0) is 55.7 Å². The van der Waals surface area contributed by atoms with Crippen LogP contribution in [0.25, 0.3) is 5.78 Å². The number of amides is 3. The molecule has 3 aromatic rings. The molecule has 4 rings (SSSR count). The van der Waals surface area contributed by atoms with Crippen molar-refractivity contribution in [2.75, 3.05) is 13.6 Å². The molecule has 0 atom stereocenters. The van der Waals surface area contributed by atoms with E-state index in [1.165, 1.54) is 23.0 Å². The van der Waals surface area contributed by atoms with E-state index in [0.29, 0.717) is 12.1 Å². The molecular weight excluding hydrogens is 453 g/mol. The van der Waals surface area contributed by atoms with Gasteiger partial charge in [0, 0.05) is 32.1 Å². The highest BCUT2D eigenvalue weighted by atomic mass is 19.1. The highest BCUT2D eigenvalue weighted by Crippen LogP contribution is 2.28. The summed E-state index contributed by atoms with van der Waals surface area (Å²) in [6, 6.07) is 5.99. The summed E-state index contributed by atoms with van der Waals surface area (Å²) in [5.41, 5.74) is 1.40. The lowest BCUT2D eigenvalue weighted by atomic mass is 9.81. The Balaban J connectivity index is 1.41. The van der Waals surface area contributed by atoms with Crippen LogP contribution in [-0.4, -0.2) is 50.9 Å². The van der Waals surface area contributed by atoms with Crippen LogP contribution in [-0.2, 0) is 11.3 Å². The molecule has 3 N–H and O–H groups in total. The summed E-state index contributed by atoms with van der Waals surface area (Å²) in [7, 11) is 1.65. The summed E-state index contributed by atoms with van der Waals surface area (Å²) < 4.78 is 14.8. The number of fused-ring (bicyclic) bond motifs is 1. The fourth-order valence-electron chi connectivity index (χ4n) is 4.34. The van der Waals surface area contributed by atoms with Crippen LogP contribution in [0.3, 0.4) is 0 Å². The highest BCUT2D eigenvalue weighted by molar-refractivity contribution is 5.98. The second-order valence-corrected chi connectivity index (χ2v) is 8.81. The van der Waals surface area contributed by atoms with Crippen molar-refractivity contribution in [1.29, 1.82) is 0 Å². The van der Waals surface area contributed by atoms with Crippen LogP contribution in [0.15, 0.2) is 30.6 Å². The first-order valence-corrected chi connectivity index (χ1v) is 11.6. The van der Waals surface area contributed by atoms with E-state index < -0.39 is 5.91 Å². The molecule has 0 spiro atoms. The van der Waals surface area contributed by atoms with Crippen molar-refractivity contribution < 1.29 is 18.8 Å². The third-order valence-electron chi connectivity index (χ3n) is 6.41. The lowest BCUT2D eigenvalue weighted by Gasteiger charge is -2.27. The number of aromatic nitrogens is 4. The SMILES string of the molecule is CNC(=O)C1CCC(CNC(=O)c2cc(C(=O)NCc3ccc(F)c(C)c3)nc3ncnn23)CC1. The standard InChI is InChI=1S/C24H28FN7O3/c1-14-9-16(5-8-18(14)25)12-27-22(34)19-10-20(32-24(31-19)29-13-30-32)23(35)28-11-15-3-6-17(7-4-15)21(33)26-2/h5,8-10,13,15,17H,3-4,6-7,11-12H2,1-2H3,(H,26,33)(H,27,34)(H,28,35). The summed E-state index contributed by atoms with van der Waals surface area (Å²) in [6.45, 7) is 2.29. The van der Waals surface area contributed by atoms with E-state index in [4.69, 9.17) is 0 Å². The van der Waals surface area contributed by atoms with E-state index in [1.54, 1.807) is 26.1 Å². The van der Waals surface area contributed by atoms with Crippen LogP contribution in [0.1, 0.15) is 57.8 Å². The minimum Gasteiger partial charge on any atom is -0.359 e. The molecule has 184 valence electrons. The van der Waals surface area contributed by atoms with Crippen molar-refractivity contribution in [2.24, 2.45) is 11.8 Å². The molecule has 1 saturated carbocycles. The summed E-state index contributed by atoms with van der Waals surface area (Å²) in [6.07, 6.45) is 4.55. The van der Waals surface area contributed by atoms with Crippen molar-refractivity contribution in [3.63, 3.8) is 0 Å². The van der Waals surface area contributed by atoms with E-state index in [-0.39, 0.29) is 53.2 Å². The van der Waals surface area contributed by atoms with Crippen molar-refractivity contribution in [2.45, 2.75) is 39.2 Å². The number of carbonyl (C=O) groups excluding carboxylic acids is 3. The number of rotatable bonds is 7. The predicted molar refractivity (Wildman–Crippen MR) is 125 cm³/mol. The van der Waals surface area contributed by atoms with Gasteiger partial charge >= 0.3 is 0 Å². The molecule has 1 aliphatic carbocycles. The molecular formula is C24H28FN7O3. The van der Waals surface area contributed by atoms with Crippen LogP contribution in [0.5, 0.6) is 0 Å². The second kappa shape index (κ2) is 10.6. The minimum absolute atomic E-state index is 0.0283. The van der Waals surface area contributed by atoms with Gasteiger partial charge in [-0.3, -0.25) is 14.4 Å². The van der Waals surface area contributed by atoms with Gasteiger partial charge in [-0.2, -0.15) is 14.6 Å². The monoisotopic (exact) mass is 481 g/mol. The number of nitrogens with one attached hydrogen (secondary N) is 3. The highest BCUT2D eigenvalue weighted by Gasteiger charge is 2.26. The molecule has 1 fully saturated rings. The smallest absolute Gasteiger partial charge is 0.270 e. The average molecular weight is 482 g/mol. The molecule has 1 aromatic carbocycles. The van der Waals surface area contributed by atoms with Gasteiger partial charge in [-0.25, -0.2) is 9.37 Å². The largest absolute Gasteiger partial charge is 0.359 e. The van der Waals surface area contributed by atoms with Crippen molar-refractivity contribution in [3.8, 4) is 0 Å². The molecule has 0 bridgehead atoms. The van der Waals surface area contributed by atoms with Gasteiger partial charge in [-0.1, -0.05) is 12.1 Å². The molecule has 35 heavy (non-hydrogen) atoms. The zero-order valence-corrected chi connectivity index (χ0v) is 19.7. The normalized spacial score (nSPS) is 17.7. The van der Waals surface area contributed by atoms with Crippen molar-refractivity contribution in [3.05, 3.63) is 58.9 Å². The molecule has 11 heteroatoms. The molecule has 1 aliphatic rings. The first kappa shape index (κ1) is 24.2. The third-order valence-corrected chi connectivity index (χ3v) is 6.41. The van der Waals surface area contributed by atoms with Crippen molar-refractivity contribution in [1.82, 2.24) is 35.5 Å². The van der Waals surface area contributed by atoms with Crippen LogP contribution in [0, 0.1) is 24.6 Å². The zero-order chi connectivity index (χ0) is 24.9. The van der Waals surface area contributed by atoms with Gasteiger partial charge in [-0.15, -0.1) is 0 Å². The Labute approximate surface area is 201 Å². The maximum atomic E-state index is 13.5. The number of hydrogen-bond donors (Lipinski definition) is 3. The van der Waals surface area contributed by atoms with E-state index >= 15 is 0 Å². The number of carbonyl (C=O) groups is 3. The summed E-state index contributed by atoms with van der Waals surface area (Å²) in [5, 5.41) is 12.4. The van der Waals surface area contributed by atoms with Gasteiger partial charge in [0.15, 0.2) is 0 Å². The molecule has 0 unspecified atom stereocenters. The van der Waals surface area contributed by atoms with Crippen LogP contribution in [0.4, 0.5) is 4.39 Å². The Hall–Kier alpha value is -3.89. The Bertz CT molecular complexity index is 1250.